The van der Waals surface area contributed by atoms with E-state index >= 15 is 0 Å². The molecule has 0 aliphatic heterocycles. The molecule has 0 saturated carbocycles. The summed E-state index contributed by atoms with van der Waals surface area (Å²) in [5, 5.41) is 5.48. The Bertz CT molecular complexity index is 806. The lowest BCUT2D eigenvalue weighted by molar-refractivity contribution is -0.114. The summed E-state index contributed by atoms with van der Waals surface area (Å²) in [6, 6.07) is 13.5. The van der Waals surface area contributed by atoms with Crippen molar-refractivity contribution in [2.45, 2.75) is 6.92 Å². The number of hydrogen-bond donors (Lipinski definition) is 2. The van der Waals surface area contributed by atoms with Crippen molar-refractivity contribution in [2.75, 3.05) is 35.9 Å². The molecule has 2 N–H and O–H groups in total. The minimum atomic E-state index is -0.438. The molecule has 8 heteroatoms. The molecule has 2 aromatic rings. The van der Waals surface area contributed by atoms with Gasteiger partial charge in [0.2, 0.25) is 11.8 Å². The molecular weight excluding hydrogens is 380 g/mol. The molecule has 7 nitrogen and oxygen atoms in total. The topological polar surface area (TPSA) is 93.7 Å². The van der Waals surface area contributed by atoms with Gasteiger partial charge >= 0.3 is 5.97 Å². The Labute approximate surface area is 167 Å². The quantitative estimate of drug-likeness (QED) is 0.626. The van der Waals surface area contributed by atoms with E-state index in [9.17, 15) is 14.4 Å². The maximum atomic E-state index is 12.0. The first-order valence-electron chi connectivity index (χ1n) is 8.60. The van der Waals surface area contributed by atoms with Crippen LogP contribution in [0.15, 0.2) is 48.5 Å². The predicted octanol–water partition coefficient (Wildman–Crippen LogP) is 3.18. The maximum Gasteiger partial charge on any atom is 0.337 e. The average molecular weight is 402 g/mol. The number of anilines is 2. The molecule has 148 valence electrons. The number of carbonyl (C=O) groups excluding carboxylic acids is 3. The Morgan fingerprint density at radius 3 is 1.82 bits per heavy atom. The first kappa shape index (κ1) is 21.3. The molecular formula is C20H22N2O5S. The molecule has 0 radical (unpaired) electrons. The lowest BCUT2D eigenvalue weighted by atomic mass is 10.2. The highest BCUT2D eigenvalue weighted by Crippen LogP contribution is 2.16. The van der Waals surface area contributed by atoms with Crippen molar-refractivity contribution in [1.82, 2.24) is 0 Å². The molecule has 0 saturated heterocycles. The van der Waals surface area contributed by atoms with Gasteiger partial charge in [-0.2, -0.15) is 0 Å². The van der Waals surface area contributed by atoms with Crippen molar-refractivity contribution in [1.29, 1.82) is 0 Å². The van der Waals surface area contributed by atoms with Crippen LogP contribution in [0.2, 0.25) is 0 Å². The molecule has 0 unspecified atom stereocenters. The number of methoxy groups -OCH3 is 1. The van der Waals surface area contributed by atoms with Crippen molar-refractivity contribution in [3.8, 4) is 5.75 Å². The number of thioether (sulfide) groups is 1. The summed E-state index contributed by atoms with van der Waals surface area (Å²) in [5.74, 6) is 0.171. The van der Waals surface area contributed by atoms with Crippen LogP contribution in [-0.2, 0) is 14.3 Å². The van der Waals surface area contributed by atoms with Crippen LogP contribution >= 0.6 is 11.8 Å². The van der Waals surface area contributed by atoms with Gasteiger partial charge in [-0.25, -0.2) is 4.79 Å². The van der Waals surface area contributed by atoms with Gasteiger partial charge in [0.25, 0.3) is 0 Å². The normalized spacial score (nSPS) is 10.1. The Kier molecular flexibility index (Phi) is 8.36. The predicted molar refractivity (Wildman–Crippen MR) is 110 cm³/mol. The second-order valence-electron chi connectivity index (χ2n) is 5.62. The van der Waals surface area contributed by atoms with Crippen LogP contribution in [-0.4, -0.2) is 43.0 Å². The van der Waals surface area contributed by atoms with Crippen molar-refractivity contribution >= 4 is 40.9 Å². The monoisotopic (exact) mass is 402 g/mol. The van der Waals surface area contributed by atoms with Gasteiger partial charge in [-0.3, -0.25) is 9.59 Å². The Morgan fingerprint density at radius 1 is 0.857 bits per heavy atom. The zero-order chi connectivity index (χ0) is 20.4. The first-order valence-corrected chi connectivity index (χ1v) is 9.76. The van der Waals surface area contributed by atoms with Crippen LogP contribution in [0.5, 0.6) is 5.75 Å². The first-order chi connectivity index (χ1) is 13.5. The summed E-state index contributed by atoms with van der Waals surface area (Å²) < 4.78 is 9.96. The molecule has 0 bridgehead atoms. The van der Waals surface area contributed by atoms with Crippen LogP contribution in [0, 0.1) is 0 Å². The third-order valence-electron chi connectivity index (χ3n) is 3.51. The van der Waals surface area contributed by atoms with Gasteiger partial charge < -0.3 is 20.1 Å². The minimum Gasteiger partial charge on any atom is -0.494 e. The Morgan fingerprint density at radius 2 is 1.36 bits per heavy atom. The van der Waals surface area contributed by atoms with Crippen molar-refractivity contribution < 1.29 is 23.9 Å². The highest BCUT2D eigenvalue weighted by atomic mass is 32.2. The highest BCUT2D eigenvalue weighted by Gasteiger charge is 2.08. The van der Waals surface area contributed by atoms with Crippen LogP contribution < -0.4 is 15.4 Å². The fourth-order valence-electron chi connectivity index (χ4n) is 2.24. The minimum absolute atomic E-state index is 0.134. The number of nitrogens with one attached hydrogen (secondary N) is 2. The van der Waals surface area contributed by atoms with Gasteiger partial charge in [0.1, 0.15) is 5.75 Å². The number of rotatable bonds is 9. The summed E-state index contributed by atoms with van der Waals surface area (Å²) in [5.41, 5.74) is 1.64. The van der Waals surface area contributed by atoms with E-state index in [2.05, 4.69) is 15.4 Å². The van der Waals surface area contributed by atoms with Crippen LogP contribution in [0.4, 0.5) is 11.4 Å². The highest BCUT2D eigenvalue weighted by molar-refractivity contribution is 8.00. The second kappa shape index (κ2) is 11.0. The smallest absolute Gasteiger partial charge is 0.337 e. The molecule has 0 atom stereocenters. The molecule has 0 spiro atoms. The van der Waals surface area contributed by atoms with Crippen molar-refractivity contribution in [3.05, 3.63) is 54.1 Å². The Hall–Kier alpha value is -3.00. The van der Waals surface area contributed by atoms with Crippen LogP contribution in [0.25, 0.3) is 0 Å². The van der Waals surface area contributed by atoms with Gasteiger partial charge in [-0.05, 0) is 55.5 Å². The lowest BCUT2D eigenvalue weighted by Gasteiger charge is -2.08. The fraction of sp³-hybridized carbons (Fsp3) is 0.250. The van der Waals surface area contributed by atoms with Crippen molar-refractivity contribution in [2.24, 2.45) is 0 Å². The average Bonchev–Trinajstić information content (AvgIpc) is 2.69. The molecule has 2 rings (SSSR count). The summed E-state index contributed by atoms with van der Waals surface area (Å²) in [6.45, 7) is 2.49. The second-order valence-corrected chi connectivity index (χ2v) is 6.60. The van der Waals surface area contributed by atoms with E-state index < -0.39 is 5.97 Å². The molecule has 0 aliphatic carbocycles. The standard InChI is InChI=1S/C20H22N2O5S/c1-3-27-17-10-8-16(9-11-17)22-19(24)13-28-12-18(23)21-15-6-4-14(5-7-15)20(25)26-2/h4-11H,3,12-13H2,1-2H3,(H,21,23)(H,22,24). The van der Waals surface area contributed by atoms with E-state index in [1.165, 1.54) is 18.9 Å². The zero-order valence-electron chi connectivity index (χ0n) is 15.7. The van der Waals surface area contributed by atoms with Gasteiger partial charge in [-0.15, -0.1) is 11.8 Å². The third kappa shape index (κ3) is 6.96. The number of esters is 1. The van der Waals surface area contributed by atoms with E-state index in [1.807, 2.05) is 6.92 Å². The third-order valence-corrected chi connectivity index (χ3v) is 4.44. The molecule has 2 amide bonds. The number of ether oxygens (including phenoxy) is 2. The van der Waals surface area contributed by atoms with Crippen LogP contribution in [0.3, 0.4) is 0 Å². The Balaban J connectivity index is 1.71. The summed E-state index contributed by atoms with van der Waals surface area (Å²) in [6.07, 6.45) is 0. The summed E-state index contributed by atoms with van der Waals surface area (Å²) >= 11 is 1.21. The lowest BCUT2D eigenvalue weighted by Crippen LogP contribution is -2.18. The molecule has 28 heavy (non-hydrogen) atoms. The number of hydrogen-bond acceptors (Lipinski definition) is 6. The van der Waals surface area contributed by atoms with Gasteiger partial charge in [0.15, 0.2) is 0 Å². The molecule has 0 heterocycles. The largest absolute Gasteiger partial charge is 0.494 e. The van der Waals surface area contributed by atoms with E-state index in [0.29, 0.717) is 23.5 Å². The van der Waals surface area contributed by atoms with Crippen LogP contribution in [0.1, 0.15) is 17.3 Å². The number of carbonyl (C=O) groups is 3. The summed E-state index contributed by atoms with van der Waals surface area (Å²) in [7, 11) is 1.31. The summed E-state index contributed by atoms with van der Waals surface area (Å²) in [4.78, 5) is 35.3. The fourth-order valence-corrected chi connectivity index (χ4v) is 2.86. The van der Waals surface area contributed by atoms with E-state index in [4.69, 9.17) is 4.74 Å². The van der Waals surface area contributed by atoms with E-state index in [0.717, 1.165) is 5.75 Å². The van der Waals surface area contributed by atoms with E-state index in [-0.39, 0.29) is 23.3 Å². The maximum absolute atomic E-state index is 12.0. The molecule has 2 aromatic carbocycles. The molecule has 0 aromatic heterocycles. The molecule has 0 aliphatic rings. The SMILES string of the molecule is CCOc1ccc(NC(=O)CSCC(=O)Nc2ccc(C(=O)OC)cc2)cc1. The molecule has 0 fully saturated rings. The van der Waals surface area contributed by atoms with Gasteiger partial charge in [-0.1, -0.05) is 0 Å². The van der Waals surface area contributed by atoms with E-state index in [1.54, 1.807) is 48.5 Å². The number of amides is 2. The van der Waals surface area contributed by atoms with Crippen molar-refractivity contribution in [3.63, 3.8) is 0 Å². The number of benzene rings is 2. The van der Waals surface area contributed by atoms with Gasteiger partial charge in [0, 0.05) is 11.4 Å². The zero-order valence-corrected chi connectivity index (χ0v) is 16.5. The van der Waals surface area contributed by atoms with Gasteiger partial charge in [0.05, 0.1) is 30.8 Å².